The highest BCUT2D eigenvalue weighted by Gasteiger charge is 2.11. The van der Waals surface area contributed by atoms with Gasteiger partial charge in [0.1, 0.15) is 0 Å². The summed E-state index contributed by atoms with van der Waals surface area (Å²) in [5, 5.41) is 0. The van der Waals surface area contributed by atoms with Gasteiger partial charge in [-0.3, -0.25) is 9.97 Å². The predicted octanol–water partition coefficient (Wildman–Crippen LogP) is 2.37. The molecule has 1 aromatic rings. The molecule has 12 heavy (non-hydrogen) atoms. The first-order valence-electron chi connectivity index (χ1n) is 4.25. The van der Waals surface area contributed by atoms with Crippen LogP contribution in [0.4, 0.5) is 0 Å². The topological polar surface area (TPSA) is 25.8 Å². The molecule has 0 radical (unpaired) electrons. The Hall–Kier alpha value is -0.920. The van der Waals surface area contributed by atoms with Crippen LogP contribution in [0.2, 0.25) is 0 Å². The molecule has 1 heterocycles. The van der Waals surface area contributed by atoms with E-state index in [4.69, 9.17) is 0 Å². The maximum Gasteiger partial charge on any atom is 0.0592 e. The molecule has 0 atom stereocenters. The fraction of sp³-hybridized carbons (Fsp3) is 0.600. The third-order valence-electron chi connectivity index (χ3n) is 1.55. The Labute approximate surface area is 74.1 Å². The lowest BCUT2D eigenvalue weighted by Gasteiger charge is -2.16. The van der Waals surface area contributed by atoms with Crippen molar-refractivity contribution in [3.63, 3.8) is 0 Å². The predicted molar refractivity (Wildman–Crippen MR) is 49.9 cm³/mol. The molecule has 0 saturated heterocycles. The molecule has 0 aliphatic rings. The maximum atomic E-state index is 4.30. The smallest absolute Gasteiger partial charge is 0.0592 e. The van der Waals surface area contributed by atoms with E-state index < -0.39 is 0 Å². The molecule has 2 nitrogen and oxygen atoms in total. The molecule has 0 aliphatic carbocycles. The second-order valence-electron chi connectivity index (χ2n) is 4.39. The highest BCUT2D eigenvalue weighted by molar-refractivity contribution is 5.02. The van der Waals surface area contributed by atoms with Crippen molar-refractivity contribution in [3.8, 4) is 0 Å². The quantitative estimate of drug-likeness (QED) is 0.637. The molecule has 0 bridgehead atoms. The van der Waals surface area contributed by atoms with Crippen molar-refractivity contribution in [2.45, 2.75) is 34.1 Å². The van der Waals surface area contributed by atoms with Crippen LogP contribution in [-0.2, 0) is 6.42 Å². The van der Waals surface area contributed by atoms with E-state index in [0.29, 0.717) is 5.41 Å². The molecule has 0 saturated carbocycles. The van der Waals surface area contributed by atoms with Crippen LogP contribution < -0.4 is 0 Å². The van der Waals surface area contributed by atoms with Crippen molar-refractivity contribution < 1.29 is 0 Å². The number of aryl methyl sites for hydroxylation is 1. The van der Waals surface area contributed by atoms with E-state index in [2.05, 4.69) is 30.7 Å². The molecular formula is C10H16N2. The lowest BCUT2D eigenvalue weighted by atomic mass is 9.91. The van der Waals surface area contributed by atoms with E-state index >= 15 is 0 Å². The molecule has 1 rings (SSSR count). The van der Waals surface area contributed by atoms with Crippen molar-refractivity contribution in [1.29, 1.82) is 0 Å². The van der Waals surface area contributed by atoms with E-state index in [9.17, 15) is 0 Å². The highest BCUT2D eigenvalue weighted by atomic mass is 14.8. The second kappa shape index (κ2) is 3.21. The molecule has 66 valence electrons. The Morgan fingerprint density at radius 3 is 2.25 bits per heavy atom. The molecule has 1 aromatic heterocycles. The minimum atomic E-state index is 0.296. The first-order chi connectivity index (χ1) is 5.47. The van der Waals surface area contributed by atoms with Gasteiger partial charge in [-0.1, -0.05) is 20.8 Å². The Balaban J connectivity index is 2.71. The summed E-state index contributed by atoms with van der Waals surface area (Å²) < 4.78 is 0. The molecule has 0 N–H and O–H groups in total. The average Bonchev–Trinajstić information content (AvgIpc) is 1.91. The van der Waals surface area contributed by atoms with E-state index in [0.717, 1.165) is 17.8 Å². The van der Waals surface area contributed by atoms with Gasteiger partial charge >= 0.3 is 0 Å². The van der Waals surface area contributed by atoms with Crippen molar-refractivity contribution >= 4 is 0 Å². The second-order valence-corrected chi connectivity index (χ2v) is 4.39. The van der Waals surface area contributed by atoms with Crippen LogP contribution >= 0.6 is 0 Å². The zero-order valence-corrected chi connectivity index (χ0v) is 8.26. The summed E-state index contributed by atoms with van der Waals surface area (Å²) in [5.41, 5.74) is 2.35. The van der Waals surface area contributed by atoms with Gasteiger partial charge in [0.15, 0.2) is 0 Å². The molecule has 0 spiro atoms. The van der Waals surface area contributed by atoms with Crippen molar-refractivity contribution in [3.05, 3.63) is 23.8 Å². The van der Waals surface area contributed by atoms with Crippen LogP contribution in [0, 0.1) is 12.3 Å². The van der Waals surface area contributed by atoms with Gasteiger partial charge in [0.05, 0.1) is 11.4 Å². The van der Waals surface area contributed by atoms with E-state index in [1.54, 1.807) is 0 Å². The summed E-state index contributed by atoms with van der Waals surface area (Å²) in [7, 11) is 0. The molecule has 2 heteroatoms. The standard InChI is InChI=1S/C10H16N2/c1-8-6-12-9(7-11-8)5-10(2,3)4/h6-7H,5H2,1-4H3. The van der Waals surface area contributed by atoms with Crippen LogP contribution in [0.5, 0.6) is 0 Å². The Morgan fingerprint density at radius 1 is 1.17 bits per heavy atom. The van der Waals surface area contributed by atoms with E-state index in [1.165, 1.54) is 0 Å². The third kappa shape index (κ3) is 2.99. The van der Waals surface area contributed by atoms with Gasteiger partial charge in [0.2, 0.25) is 0 Å². The van der Waals surface area contributed by atoms with Crippen molar-refractivity contribution in [2.24, 2.45) is 5.41 Å². The van der Waals surface area contributed by atoms with Gasteiger partial charge in [-0.15, -0.1) is 0 Å². The average molecular weight is 164 g/mol. The van der Waals surface area contributed by atoms with Crippen LogP contribution in [0.3, 0.4) is 0 Å². The summed E-state index contributed by atoms with van der Waals surface area (Å²) in [6.07, 6.45) is 4.67. The zero-order chi connectivity index (χ0) is 9.19. The molecule has 0 amide bonds. The SMILES string of the molecule is Cc1cnc(CC(C)(C)C)cn1. The van der Waals surface area contributed by atoms with E-state index in [-0.39, 0.29) is 0 Å². The first kappa shape index (κ1) is 9.17. The lowest BCUT2D eigenvalue weighted by Crippen LogP contribution is -2.10. The highest BCUT2D eigenvalue weighted by Crippen LogP contribution is 2.18. The monoisotopic (exact) mass is 164 g/mol. The maximum absolute atomic E-state index is 4.30. The number of hydrogen-bond acceptors (Lipinski definition) is 2. The summed E-state index contributed by atoms with van der Waals surface area (Å²) in [5.74, 6) is 0. The number of rotatable bonds is 1. The normalized spacial score (nSPS) is 11.7. The van der Waals surface area contributed by atoms with Crippen molar-refractivity contribution in [2.75, 3.05) is 0 Å². The van der Waals surface area contributed by atoms with Crippen molar-refractivity contribution in [1.82, 2.24) is 9.97 Å². The van der Waals surface area contributed by atoms with Crippen LogP contribution in [0.1, 0.15) is 32.2 Å². The Morgan fingerprint density at radius 2 is 1.83 bits per heavy atom. The fourth-order valence-corrected chi connectivity index (χ4v) is 1.05. The van der Waals surface area contributed by atoms with Crippen LogP contribution in [0.25, 0.3) is 0 Å². The lowest BCUT2D eigenvalue weighted by molar-refractivity contribution is 0.405. The molecule has 0 unspecified atom stereocenters. The fourth-order valence-electron chi connectivity index (χ4n) is 1.05. The summed E-state index contributed by atoms with van der Waals surface area (Å²) in [4.78, 5) is 8.50. The van der Waals surface area contributed by atoms with Crippen LogP contribution in [-0.4, -0.2) is 9.97 Å². The zero-order valence-electron chi connectivity index (χ0n) is 8.26. The molecular weight excluding hydrogens is 148 g/mol. The largest absolute Gasteiger partial charge is 0.258 e. The van der Waals surface area contributed by atoms with Gasteiger partial charge in [-0.05, 0) is 18.8 Å². The molecule has 0 aromatic carbocycles. The Bertz CT molecular complexity index is 244. The molecule has 0 aliphatic heterocycles. The van der Waals surface area contributed by atoms with Gasteiger partial charge < -0.3 is 0 Å². The number of aromatic nitrogens is 2. The third-order valence-corrected chi connectivity index (χ3v) is 1.55. The number of hydrogen-bond donors (Lipinski definition) is 0. The van der Waals surface area contributed by atoms with Gasteiger partial charge in [0.25, 0.3) is 0 Å². The number of nitrogens with zero attached hydrogens (tertiary/aromatic N) is 2. The minimum absolute atomic E-state index is 0.296. The summed E-state index contributed by atoms with van der Waals surface area (Å²) in [6, 6.07) is 0. The van der Waals surface area contributed by atoms with Gasteiger partial charge in [-0.2, -0.15) is 0 Å². The van der Waals surface area contributed by atoms with Gasteiger partial charge in [-0.25, -0.2) is 0 Å². The van der Waals surface area contributed by atoms with Crippen LogP contribution in [0.15, 0.2) is 12.4 Å². The van der Waals surface area contributed by atoms with E-state index in [1.807, 2.05) is 19.3 Å². The first-order valence-corrected chi connectivity index (χ1v) is 4.25. The minimum Gasteiger partial charge on any atom is -0.258 e. The Kier molecular flexibility index (Phi) is 2.46. The summed E-state index contributed by atoms with van der Waals surface area (Å²) in [6.45, 7) is 8.56. The summed E-state index contributed by atoms with van der Waals surface area (Å²) >= 11 is 0. The molecule has 0 fully saturated rings. The van der Waals surface area contributed by atoms with Gasteiger partial charge in [0, 0.05) is 12.4 Å².